The fraction of sp³-hybridized carbons (Fsp3) is 0.647. The van der Waals surface area contributed by atoms with E-state index >= 15 is 0 Å². The SMILES string of the molecule is CC(C)Oc1cccc(C2OCCC2CNC2CC2)c1. The molecule has 0 radical (unpaired) electrons. The monoisotopic (exact) mass is 275 g/mol. The first-order valence-electron chi connectivity index (χ1n) is 7.84. The first-order valence-corrected chi connectivity index (χ1v) is 7.84. The van der Waals surface area contributed by atoms with E-state index in [1.165, 1.54) is 18.4 Å². The average Bonchev–Trinajstić information content (AvgIpc) is 3.13. The highest BCUT2D eigenvalue weighted by molar-refractivity contribution is 5.31. The molecule has 2 fully saturated rings. The third-order valence-electron chi connectivity index (χ3n) is 4.02. The summed E-state index contributed by atoms with van der Waals surface area (Å²) in [7, 11) is 0. The first-order chi connectivity index (χ1) is 9.72. The Kier molecular flexibility index (Phi) is 4.27. The van der Waals surface area contributed by atoms with E-state index < -0.39 is 0 Å². The van der Waals surface area contributed by atoms with Crippen LogP contribution < -0.4 is 10.1 Å². The van der Waals surface area contributed by atoms with Crippen LogP contribution in [0.4, 0.5) is 0 Å². The minimum absolute atomic E-state index is 0.210. The highest BCUT2D eigenvalue weighted by atomic mass is 16.5. The van der Waals surface area contributed by atoms with Gasteiger partial charge in [0.25, 0.3) is 0 Å². The summed E-state index contributed by atoms with van der Waals surface area (Å²) in [6.45, 7) is 6.06. The van der Waals surface area contributed by atoms with E-state index in [-0.39, 0.29) is 12.2 Å². The first kappa shape index (κ1) is 13.9. The zero-order valence-electron chi connectivity index (χ0n) is 12.5. The zero-order chi connectivity index (χ0) is 13.9. The molecule has 3 heteroatoms. The molecule has 0 bridgehead atoms. The van der Waals surface area contributed by atoms with E-state index in [0.29, 0.717) is 5.92 Å². The molecule has 3 nitrogen and oxygen atoms in total. The smallest absolute Gasteiger partial charge is 0.120 e. The minimum atomic E-state index is 0.210. The summed E-state index contributed by atoms with van der Waals surface area (Å²) >= 11 is 0. The van der Waals surface area contributed by atoms with Crippen LogP contribution in [-0.2, 0) is 4.74 Å². The van der Waals surface area contributed by atoms with Crippen LogP contribution in [0.3, 0.4) is 0 Å². The topological polar surface area (TPSA) is 30.5 Å². The van der Waals surface area contributed by atoms with Crippen LogP contribution >= 0.6 is 0 Å². The van der Waals surface area contributed by atoms with Gasteiger partial charge in [-0.05, 0) is 50.8 Å². The summed E-state index contributed by atoms with van der Waals surface area (Å²) in [5, 5.41) is 3.63. The molecular weight excluding hydrogens is 250 g/mol. The van der Waals surface area contributed by atoms with Gasteiger partial charge in [-0.25, -0.2) is 0 Å². The molecule has 1 aromatic carbocycles. The van der Waals surface area contributed by atoms with Crippen LogP contribution in [0.5, 0.6) is 5.75 Å². The van der Waals surface area contributed by atoms with Gasteiger partial charge in [-0.2, -0.15) is 0 Å². The molecule has 2 aliphatic rings. The van der Waals surface area contributed by atoms with Crippen molar-refractivity contribution >= 4 is 0 Å². The fourth-order valence-corrected chi connectivity index (χ4v) is 2.85. The van der Waals surface area contributed by atoms with E-state index in [2.05, 4.69) is 37.4 Å². The predicted octanol–water partition coefficient (Wildman–Crippen LogP) is 3.30. The lowest BCUT2D eigenvalue weighted by molar-refractivity contribution is 0.0900. The highest BCUT2D eigenvalue weighted by Gasteiger charge is 2.31. The van der Waals surface area contributed by atoms with Crippen LogP contribution in [0.1, 0.15) is 44.8 Å². The van der Waals surface area contributed by atoms with Crippen LogP contribution in [0.25, 0.3) is 0 Å². The molecule has 2 unspecified atom stereocenters. The molecule has 1 aliphatic heterocycles. The molecule has 110 valence electrons. The van der Waals surface area contributed by atoms with Gasteiger partial charge in [0.2, 0.25) is 0 Å². The fourth-order valence-electron chi connectivity index (χ4n) is 2.85. The van der Waals surface area contributed by atoms with E-state index in [4.69, 9.17) is 9.47 Å². The lowest BCUT2D eigenvalue weighted by Gasteiger charge is -2.20. The second kappa shape index (κ2) is 6.15. The molecule has 2 atom stereocenters. The Labute approximate surface area is 121 Å². The van der Waals surface area contributed by atoms with Gasteiger partial charge in [0, 0.05) is 25.1 Å². The van der Waals surface area contributed by atoms with Crippen molar-refractivity contribution in [3.05, 3.63) is 29.8 Å². The number of hydrogen-bond donors (Lipinski definition) is 1. The Morgan fingerprint density at radius 1 is 1.30 bits per heavy atom. The standard InChI is InChI=1S/C17H25NO2/c1-12(2)20-16-5-3-4-13(10-16)17-14(8-9-19-17)11-18-15-6-7-15/h3-5,10,12,14-15,17-18H,6-9,11H2,1-2H3. The molecule has 1 saturated carbocycles. The van der Waals surface area contributed by atoms with E-state index in [1.807, 2.05) is 6.07 Å². The normalized spacial score (nSPS) is 26.1. The van der Waals surface area contributed by atoms with Crippen molar-refractivity contribution in [2.75, 3.05) is 13.2 Å². The van der Waals surface area contributed by atoms with E-state index in [9.17, 15) is 0 Å². The Bertz CT molecular complexity index is 442. The molecule has 0 amide bonds. The number of nitrogens with one attached hydrogen (secondary N) is 1. The molecular formula is C17H25NO2. The number of ether oxygens (including phenoxy) is 2. The maximum atomic E-state index is 5.97. The van der Waals surface area contributed by atoms with Gasteiger partial charge in [0.05, 0.1) is 12.2 Å². The Morgan fingerprint density at radius 2 is 2.15 bits per heavy atom. The summed E-state index contributed by atoms with van der Waals surface area (Å²) in [6, 6.07) is 9.16. The van der Waals surface area contributed by atoms with Gasteiger partial charge < -0.3 is 14.8 Å². The molecule has 1 aromatic rings. The van der Waals surface area contributed by atoms with Crippen LogP contribution in [0.15, 0.2) is 24.3 Å². The number of hydrogen-bond acceptors (Lipinski definition) is 3. The molecule has 3 rings (SSSR count). The Balaban J connectivity index is 1.66. The van der Waals surface area contributed by atoms with Crippen molar-refractivity contribution in [1.29, 1.82) is 0 Å². The maximum absolute atomic E-state index is 5.97. The molecule has 20 heavy (non-hydrogen) atoms. The predicted molar refractivity (Wildman–Crippen MR) is 80.0 cm³/mol. The Hall–Kier alpha value is -1.06. The quantitative estimate of drug-likeness (QED) is 0.864. The summed E-state index contributed by atoms with van der Waals surface area (Å²) in [4.78, 5) is 0. The van der Waals surface area contributed by atoms with Crippen molar-refractivity contribution in [2.45, 2.75) is 51.4 Å². The lowest BCUT2D eigenvalue weighted by Crippen LogP contribution is -2.26. The van der Waals surface area contributed by atoms with Crippen molar-refractivity contribution in [3.63, 3.8) is 0 Å². The summed E-state index contributed by atoms with van der Waals surface area (Å²) in [5.41, 5.74) is 1.25. The Morgan fingerprint density at radius 3 is 2.90 bits per heavy atom. The van der Waals surface area contributed by atoms with Gasteiger partial charge in [-0.3, -0.25) is 0 Å². The molecule has 1 aliphatic carbocycles. The maximum Gasteiger partial charge on any atom is 0.120 e. The average molecular weight is 275 g/mol. The van der Waals surface area contributed by atoms with Crippen molar-refractivity contribution in [2.24, 2.45) is 5.92 Å². The summed E-state index contributed by atoms with van der Waals surface area (Å²) in [5.74, 6) is 1.53. The highest BCUT2D eigenvalue weighted by Crippen LogP contribution is 2.36. The number of benzene rings is 1. The summed E-state index contributed by atoms with van der Waals surface area (Å²) < 4.78 is 11.8. The van der Waals surface area contributed by atoms with Gasteiger partial charge >= 0.3 is 0 Å². The zero-order valence-corrected chi connectivity index (χ0v) is 12.5. The molecule has 1 N–H and O–H groups in total. The van der Waals surface area contributed by atoms with Gasteiger partial charge in [0.15, 0.2) is 0 Å². The minimum Gasteiger partial charge on any atom is -0.491 e. The molecule has 0 aromatic heterocycles. The molecule has 0 spiro atoms. The molecule has 1 saturated heterocycles. The van der Waals surface area contributed by atoms with Gasteiger partial charge in [-0.1, -0.05) is 12.1 Å². The third kappa shape index (κ3) is 3.53. The van der Waals surface area contributed by atoms with Crippen LogP contribution in [0.2, 0.25) is 0 Å². The number of rotatable bonds is 6. The molecule has 1 heterocycles. The lowest BCUT2D eigenvalue weighted by atomic mass is 9.95. The third-order valence-corrected chi connectivity index (χ3v) is 4.02. The largest absolute Gasteiger partial charge is 0.491 e. The second-order valence-electron chi connectivity index (χ2n) is 6.26. The second-order valence-corrected chi connectivity index (χ2v) is 6.26. The van der Waals surface area contributed by atoms with Crippen LogP contribution in [-0.4, -0.2) is 25.3 Å². The van der Waals surface area contributed by atoms with Gasteiger partial charge in [0.1, 0.15) is 5.75 Å². The van der Waals surface area contributed by atoms with Crippen LogP contribution in [0, 0.1) is 5.92 Å². The summed E-state index contributed by atoms with van der Waals surface area (Å²) in [6.07, 6.45) is 4.27. The van der Waals surface area contributed by atoms with Crippen molar-refractivity contribution in [3.8, 4) is 5.75 Å². The van der Waals surface area contributed by atoms with Crippen molar-refractivity contribution < 1.29 is 9.47 Å². The van der Waals surface area contributed by atoms with Crippen molar-refractivity contribution in [1.82, 2.24) is 5.32 Å². The van der Waals surface area contributed by atoms with E-state index in [0.717, 1.165) is 31.4 Å². The van der Waals surface area contributed by atoms with E-state index in [1.54, 1.807) is 0 Å². The van der Waals surface area contributed by atoms with Gasteiger partial charge in [-0.15, -0.1) is 0 Å².